The molecule has 3 heteroatoms. The number of aromatic nitrogens is 1. The van der Waals surface area contributed by atoms with Gasteiger partial charge in [0.15, 0.2) is 0 Å². The third-order valence-electron chi connectivity index (χ3n) is 4.40. The van der Waals surface area contributed by atoms with Crippen LogP contribution in [0.5, 0.6) is 0 Å². The zero-order valence-corrected chi connectivity index (χ0v) is 12.9. The predicted molar refractivity (Wildman–Crippen MR) is 85.4 cm³/mol. The lowest BCUT2D eigenvalue weighted by atomic mass is 10.0. The van der Waals surface area contributed by atoms with E-state index in [9.17, 15) is 0 Å². The standard InChI is InChI=1S/C17H25N3/c1-13-10-14(2)17-16(11-13)15(12-19(17)3)4-7-20-8-5-18-6-9-20/h10-12,18H,4-9H2,1-3H3. The van der Waals surface area contributed by atoms with Gasteiger partial charge in [-0.1, -0.05) is 11.6 Å². The molecule has 0 amide bonds. The molecule has 0 saturated carbocycles. The monoisotopic (exact) mass is 271 g/mol. The molecule has 0 spiro atoms. The Morgan fingerprint density at radius 2 is 1.90 bits per heavy atom. The Labute approximate surface area is 121 Å². The summed E-state index contributed by atoms with van der Waals surface area (Å²) in [5.41, 5.74) is 5.64. The van der Waals surface area contributed by atoms with Crippen molar-refractivity contribution in [1.29, 1.82) is 0 Å². The van der Waals surface area contributed by atoms with Crippen LogP contribution in [0, 0.1) is 13.8 Å². The highest BCUT2D eigenvalue weighted by Crippen LogP contribution is 2.26. The fourth-order valence-electron chi connectivity index (χ4n) is 3.45. The summed E-state index contributed by atoms with van der Waals surface area (Å²) in [5, 5.41) is 4.86. The molecule has 3 rings (SSSR count). The molecule has 2 aromatic rings. The Balaban J connectivity index is 1.84. The predicted octanol–water partition coefficient (Wildman–Crippen LogP) is 2.24. The van der Waals surface area contributed by atoms with Crippen LogP contribution in [0.2, 0.25) is 0 Å². The molecule has 20 heavy (non-hydrogen) atoms. The van der Waals surface area contributed by atoms with E-state index in [0.717, 1.165) is 19.5 Å². The van der Waals surface area contributed by atoms with Crippen molar-refractivity contribution in [2.75, 3.05) is 32.7 Å². The summed E-state index contributed by atoms with van der Waals surface area (Å²) < 4.78 is 2.29. The van der Waals surface area contributed by atoms with E-state index in [0.29, 0.717) is 0 Å². The van der Waals surface area contributed by atoms with Crippen LogP contribution in [0.15, 0.2) is 18.3 Å². The van der Waals surface area contributed by atoms with Crippen LogP contribution in [0.3, 0.4) is 0 Å². The van der Waals surface area contributed by atoms with Crippen molar-refractivity contribution in [2.24, 2.45) is 7.05 Å². The van der Waals surface area contributed by atoms with E-state index in [2.05, 4.69) is 54.0 Å². The van der Waals surface area contributed by atoms with Crippen LogP contribution in [0.4, 0.5) is 0 Å². The Bertz CT molecular complexity index is 606. The van der Waals surface area contributed by atoms with Gasteiger partial charge in [0.1, 0.15) is 0 Å². The van der Waals surface area contributed by atoms with Gasteiger partial charge in [-0.2, -0.15) is 0 Å². The highest BCUT2D eigenvalue weighted by atomic mass is 15.2. The van der Waals surface area contributed by atoms with Gasteiger partial charge in [0.05, 0.1) is 5.52 Å². The topological polar surface area (TPSA) is 20.2 Å². The van der Waals surface area contributed by atoms with Crippen LogP contribution < -0.4 is 5.32 Å². The lowest BCUT2D eigenvalue weighted by Crippen LogP contribution is -2.44. The first-order valence-electron chi connectivity index (χ1n) is 7.63. The Morgan fingerprint density at radius 3 is 2.65 bits per heavy atom. The summed E-state index contributed by atoms with van der Waals surface area (Å²) in [6.45, 7) is 10.2. The third-order valence-corrected chi connectivity index (χ3v) is 4.40. The molecule has 1 aromatic heterocycles. The van der Waals surface area contributed by atoms with Gasteiger partial charge in [-0.15, -0.1) is 0 Å². The number of nitrogens with zero attached hydrogens (tertiary/aromatic N) is 2. The van der Waals surface area contributed by atoms with E-state index in [1.165, 1.54) is 47.2 Å². The van der Waals surface area contributed by atoms with Crippen LogP contribution >= 0.6 is 0 Å². The number of rotatable bonds is 3. The maximum absolute atomic E-state index is 3.42. The molecule has 1 saturated heterocycles. The van der Waals surface area contributed by atoms with E-state index in [4.69, 9.17) is 0 Å². The zero-order valence-electron chi connectivity index (χ0n) is 12.9. The Kier molecular flexibility index (Phi) is 3.81. The normalized spacial score (nSPS) is 16.9. The molecule has 0 atom stereocenters. The second kappa shape index (κ2) is 5.58. The number of fused-ring (bicyclic) bond motifs is 1. The van der Waals surface area contributed by atoms with Gasteiger partial charge in [-0.25, -0.2) is 0 Å². The number of nitrogens with one attached hydrogen (secondary N) is 1. The molecule has 2 heterocycles. The minimum absolute atomic E-state index is 1.13. The van der Waals surface area contributed by atoms with E-state index in [1.807, 2.05) is 0 Å². The largest absolute Gasteiger partial charge is 0.350 e. The zero-order chi connectivity index (χ0) is 14.1. The highest BCUT2D eigenvalue weighted by Gasteiger charge is 2.13. The van der Waals surface area contributed by atoms with Crippen LogP contribution in [-0.2, 0) is 13.5 Å². The van der Waals surface area contributed by atoms with Crippen molar-refractivity contribution in [3.8, 4) is 0 Å². The van der Waals surface area contributed by atoms with Gasteiger partial charge >= 0.3 is 0 Å². The summed E-state index contributed by atoms with van der Waals surface area (Å²) >= 11 is 0. The van der Waals surface area contributed by atoms with E-state index in [1.54, 1.807) is 0 Å². The van der Waals surface area contributed by atoms with Gasteiger partial charge < -0.3 is 14.8 Å². The Hall–Kier alpha value is -1.32. The molecular weight excluding hydrogens is 246 g/mol. The van der Waals surface area contributed by atoms with Gasteiger partial charge in [-0.3, -0.25) is 0 Å². The van der Waals surface area contributed by atoms with Crippen molar-refractivity contribution >= 4 is 10.9 Å². The number of benzene rings is 1. The van der Waals surface area contributed by atoms with E-state index in [-0.39, 0.29) is 0 Å². The molecule has 1 fully saturated rings. The molecule has 1 aliphatic rings. The minimum Gasteiger partial charge on any atom is -0.350 e. The summed E-state index contributed by atoms with van der Waals surface area (Å²) in [4.78, 5) is 2.57. The molecular formula is C17H25N3. The molecule has 108 valence electrons. The van der Waals surface area contributed by atoms with Gasteiger partial charge in [0.25, 0.3) is 0 Å². The number of hydrogen-bond acceptors (Lipinski definition) is 2. The Morgan fingerprint density at radius 1 is 1.15 bits per heavy atom. The highest BCUT2D eigenvalue weighted by molar-refractivity contribution is 5.87. The summed E-state index contributed by atoms with van der Waals surface area (Å²) in [6, 6.07) is 4.62. The van der Waals surface area contributed by atoms with Gasteiger partial charge in [0, 0.05) is 51.4 Å². The van der Waals surface area contributed by atoms with Gasteiger partial charge in [-0.05, 0) is 37.5 Å². The van der Waals surface area contributed by atoms with E-state index < -0.39 is 0 Å². The summed E-state index contributed by atoms with van der Waals surface area (Å²) in [7, 11) is 2.17. The lowest BCUT2D eigenvalue weighted by Gasteiger charge is -2.26. The fraction of sp³-hybridized carbons (Fsp3) is 0.529. The molecule has 1 N–H and O–H groups in total. The molecule has 1 aliphatic heterocycles. The quantitative estimate of drug-likeness (QED) is 0.924. The molecule has 0 aliphatic carbocycles. The molecule has 3 nitrogen and oxygen atoms in total. The smallest absolute Gasteiger partial charge is 0.0510 e. The van der Waals surface area contributed by atoms with E-state index >= 15 is 0 Å². The lowest BCUT2D eigenvalue weighted by molar-refractivity contribution is 0.244. The van der Waals surface area contributed by atoms with Gasteiger partial charge in [0.2, 0.25) is 0 Å². The SMILES string of the molecule is Cc1cc(C)c2c(c1)c(CCN1CCNCC1)cn2C. The average molecular weight is 271 g/mol. The van der Waals surface area contributed by atoms with Crippen molar-refractivity contribution in [2.45, 2.75) is 20.3 Å². The van der Waals surface area contributed by atoms with Crippen molar-refractivity contribution in [3.63, 3.8) is 0 Å². The first-order chi connectivity index (χ1) is 9.65. The maximum atomic E-state index is 3.42. The molecule has 0 unspecified atom stereocenters. The minimum atomic E-state index is 1.13. The fourth-order valence-corrected chi connectivity index (χ4v) is 3.45. The number of hydrogen-bond donors (Lipinski definition) is 1. The maximum Gasteiger partial charge on any atom is 0.0510 e. The second-order valence-corrected chi connectivity index (χ2v) is 6.08. The van der Waals surface area contributed by atoms with Crippen molar-refractivity contribution < 1.29 is 0 Å². The van der Waals surface area contributed by atoms with Crippen molar-refractivity contribution in [3.05, 3.63) is 35.0 Å². The first kappa shape index (κ1) is 13.7. The van der Waals surface area contributed by atoms with Crippen LogP contribution in [-0.4, -0.2) is 42.2 Å². The summed E-state index contributed by atoms with van der Waals surface area (Å²) in [5.74, 6) is 0. The van der Waals surface area contributed by atoms with Crippen molar-refractivity contribution in [1.82, 2.24) is 14.8 Å². The second-order valence-electron chi connectivity index (χ2n) is 6.08. The molecule has 1 aromatic carbocycles. The van der Waals surface area contributed by atoms with Crippen LogP contribution in [0.25, 0.3) is 10.9 Å². The molecule has 0 radical (unpaired) electrons. The first-order valence-corrected chi connectivity index (χ1v) is 7.63. The van der Waals surface area contributed by atoms with Crippen LogP contribution in [0.1, 0.15) is 16.7 Å². The average Bonchev–Trinajstić information content (AvgIpc) is 2.74. The number of aryl methyl sites for hydroxylation is 3. The third kappa shape index (κ3) is 2.60. The summed E-state index contributed by atoms with van der Waals surface area (Å²) in [6.07, 6.45) is 3.47. The number of piperazine rings is 1. The molecule has 0 bridgehead atoms.